The highest BCUT2D eigenvalue weighted by atomic mass is 127. The highest BCUT2D eigenvalue weighted by Crippen LogP contribution is 2.18. The van der Waals surface area contributed by atoms with E-state index in [-0.39, 0.29) is 29.8 Å². The van der Waals surface area contributed by atoms with Crippen LogP contribution in [0.5, 0.6) is 0 Å². The molecule has 0 aromatic heterocycles. The fraction of sp³-hybridized carbons (Fsp3) is 0.348. The van der Waals surface area contributed by atoms with Gasteiger partial charge in [0, 0.05) is 64.2 Å². The number of anilines is 2. The van der Waals surface area contributed by atoms with Gasteiger partial charge >= 0.3 is 0 Å². The SMILES string of the molecule is CN=C(NCc1ccc(N2CC=CC2)cc1)N1CCN(c2ccc(F)cc2)CC1.I. The Labute approximate surface area is 195 Å². The van der Waals surface area contributed by atoms with E-state index in [0.717, 1.165) is 57.5 Å². The molecular formula is C23H29FIN5. The number of benzene rings is 2. The van der Waals surface area contributed by atoms with Crippen LogP contribution >= 0.6 is 24.0 Å². The zero-order valence-corrected chi connectivity index (χ0v) is 19.6. The summed E-state index contributed by atoms with van der Waals surface area (Å²) in [6.07, 6.45) is 4.41. The summed E-state index contributed by atoms with van der Waals surface area (Å²) in [6.45, 7) is 6.30. The van der Waals surface area contributed by atoms with E-state index in [1.54, 1.807) is 0 Å². The average Bonchev–Trinajstić information content (AvgIpc) is 3.31. The van der Waals surface area contributed by atoms with Crippen molar-refractivity contribution in [3.8, 4) is 0 Å². The Morgan fingerprint density at radius 3 is 2.03 bits per heavy atom. The molecule has 0 spiro atoms. The van der Waals surface area contributed by atoms with Gasteiger partial charge in [0.15, 0.2) is 5.96 Å². The van der Waals surface area contributed by atoms with Crippen LogP contribution in [0.15, 0.2) is 65.7 Å². The smallest absolute Gasteiger partial charge is 0.194 e. The molecule has 2 aromatic carbocycles. The van der Waals surface area contributed by atoms with Crippen molar-refractivity contribution in [1.82, 2.24) is 10.2 Å². The molecule has 0 saturated carbocycles. The minimum Gasteiger partial charge on any atom is -0.368 e. The highest BCUT2D eigenvalue weighted by molar-refractivity contribution is 14.0. The minimum absolute atomic E-state index is 0. The first kappa shape index (κ1) is 22.4. The molecule has 160 valence electrons. The summed E-state index contributed by atoms with van der Waals surface area (Å²) in [7, 11) is 1.83. The normalized spacial score (nSPS) is 16.6. The molecular weight excluding hydrogens is 492 g/mol. The largest absolute Gasteiger partial charge is 0.368 e. The molecule has 0 unspecified atom stereocenters. The second-order valence-corrected chi connectivity index (χ2v) is 7.39. The molecule has 1 N–H and O–H groups in total. The number of hydrogen-bond donors (Lipinski definition) is 1. The molecule has 0 atom stereocenters. The topological polar surface area (TPSA) is 34.1 Å². The van der Waals surface area contributed by atoms with Gasteiger partial charge in [0.25, 0.3) is 0 Å². The Kier molecular flexibility index (Phi) is 7.95. The molecule has 0 bridgehead atoms. The number of piperazine rings is 1. The van der Waals surface area contributed by atoms with Crippen molar-refractivity contribution >= 4 is 41.3 Å². The van der Waals surface area contributed by atoms with Gasteiger partial charge in [-0.1, -0.05) is 24.3 Å². The Bertz CT molecular complexity index is 850. The maximum Gasteiger partial charge on any atom is 0.194 e. The Morgan fingerprint density at radius 1 is 0.867 bits per heavy atom. The number of nitrogens with one attached hydrogen (secondary N) is 1. The molecule has 0 radical (unpaired) electrons. The lowest BCUT2D eigenvalue weighted by Crippen LogP contribution is -2.52. The summed E-state index contributed by atoms with van der Waals surface area (Å²) >= 11 is 0. The fourth-order valence-corrected chi connectivity index (χ4v) is 3.86. The third-order valence-corrected chi connectivity index (χ3v) is 5.55. The monoisotopic (exact) mass is 521 g/mol. The zero-order chi connectivity index (χ0) is 20.1. The third-order valence-electron chi connectivity index (χ3n) is 5.55. The van der Waals surface area contributed by atoms with Crippen LogP contribution in [0.25, 0.3) is 0 Å². The van der Waals surface area contributed by atoms with Crippen LogP contribution in [0.1, 0.15) is 5.56 Å². The molecule has 2 aliphatic heterocycles. The van der Waals surface area contributed by atoms with Crippen molar-refractivity contribution in [2.45, 2.75) is 6.54 Å². The molecule has 4 rings (SSSR count). The van der Waals surface area contributed by atoms with Crippen LogP contribution in [0.3, 0.4) is 0 Å². The maximum atomic E-state index is 13.1. The molecule has 0 amide bonds. The van der Waals surface area contributed by atoms with Crippen LogP contribution in [0, 0.1) is 5.82 Å². The van der Waals surface area contributed by atoms with Gasteiger partial charge in [-0.25, -0.2) is 4.39 Å². The maximum absolute atomic E-state index is 13.1. The molecule has 1 fully saturated rings. The van der Waals surface area contributed by atoms with E-state index in [4.69, 9.17) is 0 Å². The molecule has 1 saturated heterocycles. The molecule has 2 aliphatic rings. The summed E-state index contributed by atoms with van der Waals surface area (Å²) in [4.78, 5) is 11.4. The summed E-state index contributed by atoms with van der Waals surface area (Å²) < 4.78 is 13.1. The lowest BCUT2D eigenvalue weighted by molar-refractivity contribution is 0.372. The van der Waals surface area contributed by atoms with Gasteiger partial charge in [0.1, 0.15) is 5.82 Å². The van der Waals surface area contributed by atoms with Gasteiger partial charge in [-0.15, -0.1) is 24.0 Å². The molecule has 5 nitrogen and oxygen atoms in total. The van der Waals surface area contributed by atoms with Crippen molar-refractivity contribution in [1.29, 1.82) is 0 Å². The van der Waals surface area contributed by atoms with Gasteiger partial charge < -0.3 is 20.0 Å². The first-order valence-corrected chi connectivity index (χ1v) is 10.2. The number of hydrogen-bond acceptors (Lipinski definition) is 3. The Balaban J connectivity index is 0.00000256. The minimum atomic E-state index is -0.192. The molecule has 2 aromatic rings. The van der Waals surface area contributed by atoms with Crippen molar-refractivity contribution in [2.24, 2.45) is 4.99 Å². The van der Waals surface area contributed by atoms with Crippen molar-refractivity contribution in [3.63, 3.8) is 0 Å². The van der Waals surface area contributed by atoms with Gasteiger partial charge in [0.05, 0.1) is 0 Å². The summed E-state index contributed by atoms with van der Waals surface area (Å²) in [5.74, 6) is 0.735. The van der Waals surface area contributed by atoms with Crippen molar-refractivity contribution in [3.05, 3.63) is 72.1 Å². The van der Waals surface area contributed by atoms with Gasteiger partial charge in [-0.05, 0) is 42.0 Å². The number of guanidine groups is 1. The lowest BCUT2D eigenvalue weighted by atomic mass is 10.2. The molecule has 0 aliphatic carbocycles. The van der Waals surface area contributed by atoms with E-state index in [9.17, 15) is 4.39 Å². The van der Waals surface area contributed by atoms with Gasteiger partial charge in [-0.3, -0.25) is 4.99 Å². The predicted octanol–water partition coefficient (Wildman–Crippen LogP) is 3.72. The first-order chi connectivity index (χ1) is 14.2. The van der Waals surface area contributed by atoms with Crippen LogP contribution in [0.4, 0.5) is 15.8 Å². The molecule has 7 heteroatoms. The number of rotatable bonds is 4. The fourth-order valence-electron chi connectivity index (χ4n) is 3.86. The van der Waals surface area contributed by atoms with E-state index >= 15 is 0 Å². The van der Waals surface area contributed by atoms with Crippen LogP contribution in [-0.4, -0.2) is 57.2 Å². The van der Waals surface area contributed by atoms with E-state index in [1.165, 1.54) is 23.4 Å². The average molecular weight is 521 g/mol. The first-order valence-electron chi connectivity index (χ1n) is 10.2. The van der Waals surface area contributed by atoms with Crippen molar-refractivity contribution in [2.75, 3.05) is 56.1 Å². The van der Waals surface area contributed by atoms with E-state index < -0.39 is 0 Å². The van der Waals surface area contributed by atoms with E-state index in [0.29, 0.717) is 0 Å². The Hall–Kier alpha value is -2.29. The lowest BCUT2D eigenvalue weighted by Gasteiger charge is -2.37. The Morgan fingerprint density at radius 2 is 1.43 bits per heavy atom. The summed E-state index contributed by atoms with van der Waals surface area (Å²) in [6, 6.07) is 15.5. The predicted molar refractivity (Wildman–Crippen MR) is 134 cm³/mol. The quantitative estimate of drug-likeness (QED) is 0.288. The number of nitrogens with zero attached hydrogens (tertiary/aromatic N) is 4. The molecule has 2 heterocycles. The third kappa shape index (κ3) is 5.44. The van der Waals surface area contributed by atoms with Crippen molar-refractivity contribution < 1.29 is 4.39 Å². The second-order valence-electron chi connectivity index (χ2n) is 7.39. The van der Waals surface area contributed by atoms with Gasteiger partial charge in [0.2, 0.25) is 0 Å². The number of aliphatic imine (C=N–C) groups is 1. The number of halogens is 2. The highest BCUT2D eigenvalue weighted by Gasteiger charge is 2.19. The van der Waals surface area contributed by atoms with Gasteiger partial charge in [-0.2, -0.15) is 0 Å². The standard InChI is InChI=1S/C23H28FN5.HI/c1-25-23(26-18-19-4-8-21(9-5-19)27-12-2-3-13-27)29-16-14-28(15-17-29)22-10-6-20(24)7-11-22;/h2-11H,12-18H2,1H3,(H,25,26);1H. The van der Waals surface area contributed by atoms with E-state index in [1.807, 2.05) is 19.2 Å². The molecule has 30 heavy (non-hydrogen) atoms. The van der Waals surface area contributed by atoms with E-state index in [2.05, 4.69) is 61.4 Å². The summed E-state index contributed by atoms with van der Waals surface area (Å²) in [5.41, 5.74) is 3.58. The van der Waals surface area contributed by atoms with Crippen LogP contribution in [-0.2, 0) is 6.54 Å². The van der Waals surface area contributed by atoms with Crippen LogP contribution in [0.2, 0.25) is 0 Å². The zero-order valence-electron chi connectivity index (χ0n) is 17.3. The van der Waals surface area contributed by atoms with Crippen LogP contribution < -0.4 is 15.1 Å². The second kappa shape index (κ2) is 10.7. The summed E-state index contributed by atoms with van der Waals surface area (Å²) in [5, 5.41) is 3.49.